The molecule has 3 rings (SSSR count). The van der Waals surface area contributed by atoms with E-state index in [1.807, 2.05) is 13.8 Å². The van der Waals surface area contributed by atoms with Gasteiger partial charge in [0.05, 0.1) is 29.1 Å². The minimum absolute atomic E-state index is 0.0926. The maximum absolute atomic E-state index is 13.3. The highest BCUT2D eigenvalue weighted by molar-refractivity contribution is 6.39. The van der Waals surface area contributed by atoms with Crippen LogP contribution in [0.25, 0.3) is 0 Å². The normalized spacial score (nSPS) is 15.5. The van der Waals surface area contributed by atoms with Crippen molar-refractivity contribution >= 4 is 29.3 Å². The van der Waals surface area contributed by atoms with E-state index in [-0.39, 0.29) is 36.0 Å². The van der Waals surface area contributed by atoms with Crippen LogP contribution in [0, 0.1) is 16.2 Å². The van der Waals surface area contributed by atoms with Gasteiger partial charge in [-0.25, -0.2) is 13.8 Å². The number of aliphatic imine (C=N–C) groups is 1. The summed E-state index contributed by atoms with van der Waals surface area (Å²) in [6.45, 7) is 21.2. The van der Waals surface area contributed by atoms with Crippen molar-refractivity contribution in [1.82, 2.24) is 25.5 Å². The second-order valence-corrected chi connectivity index (χ2v) is 13.6. The first-order chi connectivity index (χ1) is 23.8. The predicted octanol–water partition coefficient (Wildman–Crippen LogP) is 10.3. The zero-order chi connectivity index (χ0) is 39.8. The Balaban J connectivity index is 0. The summed E-state index contributed by atoms with van der Waals surface area (Å²) >= 11 is 0. The molecule has 1 saturated heterocycles. The number of nitrogens with one attached hydrogen (secondary N) is 4. The third-order valence-corrected chi connectivity index (χ3v) is 7.92. The lowest BCUT2D eigenvalue weighted by Gasteiger charge is -2.30. The molecule has 0 aromatic carbocycles. The molecule has 1 unspecified atom stereocenters. The van der Waals surface area contributed by atoms with Gasteiger partial charge in [-0.2, -0.15) is 18.2 Å². The number of piperidine rings is 1. The molecular formula is C37H68F5N7O2. The van der Waals surface area contributed by atoms with Gasteiger partial charge in [-0.15, -0.1) is 0 Å². The van der Waals surface area contributed by atoms with Crippen LogP contribution in [0.4, 0.5) is 27.9 Å². The van der Waals surface area contributed by atoms with Gasteiger partial charge in [0, 0.05) is 33.0 Å². The molecule has 0 spiro atoms. The van der Waals surface area contributed by atoms with Crippen LogP contribution in [0.5, 0.6) is 0 Å². The van der Waals surface area contributed by atoms with Crippen molar-refractivity contribution in [2.24, 2.45) is 15.8 Å². The fourth-order valence-electron chi connectivity index (χ4n) is 5.10. The number of alkyl halides is 5. The Bertz CT molecular complexity index is 1140. The van der Waals surface area contributed by atoms with Crippen molar-refractivity contribution in [2.45, 2.75) is 165 Å². The fraction of sp³-hybridized carbons (Fsp3) is 0.811. The maximum Gasteiger partial charge on any atom is 0.393 e. The van der Waals surface area contributed by atoms with Gasteiger partial charge >= 0.3 is 6.18 Å². The van der Waals surface area contributed by atoms with Gasteiger partial charge in [-0.05, 0) is 70.6 Å². The summed E-state index contributed by atoms with van der Waals surface area (Å²) in [7, 11) is 0. The van der Waals surface area contributed by atoms with E-state index in [1.54, 1.807) is 6.92 Å². The number of nitrogens with zero attached hydrogens (tertiary/aromatic N) is 3. The zero-order valence-corrected chi connectivity index (χ0v) is 33.2. The molecule has 4 N–H and O–H groups in total. The Morgan fingerprint density at radius 3 is 2.04 bits per heavy atom. The van der Waals surface area contributed by atoms with Gasteiger partial charge < -0.3 is 25.9 Å². The Hall–Kier alpha value is -3.06. The van der Waals surface area contributed by atoms with E-state index in [1.165, 1.54) is 32.4 Å². The summed E-state index contributed by atoms with van der Waals surface area (Å²) in [5.41, 5.74) is -0.775. The molecule has 1 atom stereocenters. The molecule has 2 fully saturated rings. The highest BCUT2D eigenvalue weighted by atomic mass is 19.4. The quantitative estimate of drug-likeness (QED) is 0.0913. The standard InChI is InChI=1S/C25H41F3N6O.C5H9NO.C3H8.C2H4F2.C2H6/c1-7-10-24(12-13-24)16-34(14-8-2)21(17(3)29)33-22-30-15-20(32-22)19(31-18(4)35)9-11-23(5,6)25(26,27)28;7-5-3-1-2-4-6-5;1-3-2;1-2(3)4;1-2/h15,19,29H,7-14,16H2,1-6H3,(H,30,32)(H,31,35);1-4H2,(H,6,7);3H2,1-2H3;2H,1H3;1-2H3/b29-17?,33-21+;;;;. The van der Waals surface area contributed by atoms with E-state index < -0.39 is 24.1 Å². The molecule has 1 saturated carbocycles. The summed E-state index contributed by atoms with van der Waals surface area (Å²) in [4.78, 5) is 36.3. The molecule has 1 aromatic rings. The van der Waals surface area contributed by atoms with Crippen molar-refractivity contribution < 1.29 is 31.5 Å². The van der Waals surface area contributed by atoms with Crippen LogP contribution in [-0.4, -0.2) is 70.5 Å². The third-order valence-electron chi connectivity index (χ3n) is 7.92. The Labute approximate surface area is 304 Å². The number of hydrogen-bond acceptors (Lipinski definition) is 5. The van der Waals surface area contributed by atoms with Crippen LogP contribution >= 0.6 is 0 Å². The first-order valence-corrected chi connectivity index (χ1v) is 18.6. The van der Waals surface area contributed by atoms with E-state index in [4.69, 9.17) is 5.41 Å². The molecular weight excluding hydrogens is 669 g/mol. The molecule has 1 aliphatic heterocycles. The van der Waals surface area contributed by atoms with Gasteiger partial charge in [-0.3, -0.25) is 9.59 Å². The number of imidazole rings is 1. The molecule has 0 bridgehead atoms. The van der Waals surface area contributed by atoms with E-state index in [9.17, 15) is 31.5 Å². The summed E-state index contributed by atoms with van der Waals surface area (Å²) < 4.78 is 60.7. The highest BCUT2D eigenvalue weighted by Crippen LogP contribution is 2.50. The molecule has 1 aliphatic carbocycles. The van der Waals surface area contributed by atoms with Crippen LogP contribution in [0.15, 0.2) is 11.2 Å². The second kappa shape index (κ2) is 25.8. The Morgan fingerprint density at radius 2 is 1.67 bits per heavy atom. The smallest absolute Gasteiger partial charge is 0.356 e. The molecule has 51 heavy (non-hydrogen) atoms. The van der Waals surface area contributed by atoms with Gasteiger partial charge in [0.2, 0.25) is 24.2 Å². The molecule has 9 nitrogen and oxygen atoms in total. The summed E-state index contributed by atoms with van der Waals surface area (Å²) in [6, 6.07) is -0.652. The van der Waals surface area contributed by atoms with Gasteiger partial charge in [0.25, 0.3) is 0 Å². The average molecular weight is 738 g/mol. The van der Waals surface area contributed by atoms with Crippen LogP contribution in [0.3, 0.4) is 0 Å². The lowest BCUT2D eigenvalue weighted by molar-refractivity contribution is -0.214. The van der Waals surface area contributed by atoms with E-state index in [0.29, 0.717) is 17.2 Å². The van der Waals surface area contributed by atoms with Gasteiger partial charge in [0.15, 0.2) is 5.84 Å². The van der Waals surface area contributed by atoms with Crippen LogP contribution in [0.1, 0.15) is 159 Å². The monoisotopic (exact) mass is 738 g/mol. The first-order valence-electron chi connectivity index (χ1n) is 18.6. The first kappa shape index (κ1) is 50.0. The average Bonchev–Trinajstić information content (AvgIpc) is 3.62. The molecule has 2 heterocycles. The Kier molecular flexibility index (Phi) is 25.3. The topological polar surface area (TPSA) is 126 Å². The summed E-state index contributed by atoms with van der Waals surface area (Å²) in [6.07, 6.45) is 4.69. The van der Waals surface area contributed by atoms with Crippen LogP contribution in [0.2, 0.25) is 0 Å². The number of hydrogen-bond donors (Lipinski definition) is 4. The second-order valence-electron chi connectivity index (χ2n) is 13.6. The number of carbonyl (C=O) groups is 2. The fourth-order valence-corrected chi connectivity index (χ4v) is 5.10. The number of aromatic amines is 1. The molecule has 14 heteroatoms. The number of halogens is 5. The number of H-pyrrole nitrogens is 1. The molecule has 0 radical (unpaired) electrons. The molecule has 1 aromatic heterocycles. The minimum Gasteiger partial charge on any atom is -0.356 e. The zero-order valence-electron chi connectivity index (χ0n) is 33.2. The predicted molar refractivity (Wildman–Crippen MR) is 199 cm³/mol. The van der Waals surface area contributed by atoms with E-state index in [2.05, 4.69) is 58.2 Å². The number of amidine groups is 1. The lowest BCUT2D eigenvalue weighted by atomic mass is 9.85. The number of rotatable bonds is 13. The summed E-state index contributed by atoms with van der Waals surface area (Å²) in [5, 5.41) is 13.8. The minimum atomic E-state index is -4.34. The Morgan fingerprint density at radius 1 is 1.10 bits per heavy atom. The van der Waals surface area contributed by atoms with Crippen LogP contribution in [-0.2, 0) is 9.59 Å². The largest absolute Gasteiger partial charge is 0.393 e. The SMILES string of the molecule is CC.CC(F)F.CCC.CCCN(CC1(CCC)CC1)/C(=N/c1ncc(C(CCC(C)(C)C(F)(F)F)NC(C)=O)[nH]1)C(C)=N.O=C1CCCCN1. The number of aromatic nitrogens is 2. The highest BCUT2D eigenvalue weighted by Gasteiger charge is 2.47. The van der Waals surface area contributed by atoms with Crippen LogP contribution < -0.4 is 10.6 Å². The van der Waals surface area contributed by atoms with Gasteiger partial charge in [0.1, 0.15) is 0 Å². The maximum atomic E-state index is 13.3. The van der Waals surface area contributed by atoms with E-state index in [0.717, 1.165) is 78.9 Å². The number of carbonyl (C=O) groups excluding carboxylic acids is 2. The third kappa shape index (κ3) is 21.8. The van der Waals surface area contributed by atoms with Crippen molar-refractivity contribution in [3.63, 3.8) is 0 Å². The van der Waals surface area contributed by atoms with Crippen molar-refractivity contribution in [3.8, 4) is 0 Å². The molecule has 298 valence electrons. The summed E-state index contributed by atoms with van der Waals surface area (Å²) in [5.74, 6) is 0.694. The molecule has 2 aliphatic rings. The van der Waals surface area contributed by atoms with Crippen molar-refractivity contribution in [3.05, 3.63) is 11.9 Å². The number of amides is 2. The van der Waals surface area contributed by atoms with Crippen molar-refractivity contribution in [1.29, 1.82) is 5.41 Å². The lowest BCUT2D eigenvalue weighted by Crippen LogP contribution is -2.40. The van der Waals surface area contributed by atoms with Crippen molar-refractivity contribution in [2.75, 3.05) is 19.6 Å². The van der Waals surface area contributed by atoms with E-state index >= 15 is 0 Å². The van der Waals surface area contributed by atoms with Gasteiger partial charge in [-0.1, -0.05) is 68.2 Å². The molecule has 2 amide bonds.